The molecule has 0 rings (SSSR count). The molecule has 3 unspecified atom stereocenters. The van der Waals surface area contributed by atoms with Gasteiger partial charge >= 0.3 is 0 Å². The average molecular weight is 638 g/mol. The van der Waals surface area contributed by atoms with E-state index in [4.69, 9.17) is 0 Å². The maximum Gasteiger partial charge on any atom is 0.249 e. The number of hydrogen-bond acceptors (Lipinski definition) is 4. The summed E-state index contributed by atoms with van der Waals surface area (Å²) in [5.74, 6) is -0.481. The zero-order chi connectivity index (χ0) is 33.1. The van der Waals surface area contributed by atoms with Gasteiger partial charge < -0.3 is 20.6 Å². The van der Waals surface area contributed by atoms with Crippen LogP contribution in [0.15, 0.2) is 12.2 Å². The van der Waals surface area contributed by atoms with Crippen LogP contribution in [-0.4, -0.2) is 46.1 Å². The lowest BCUT2D eigenvalue weighted by atomic mass is 10.0. The maximum absolute atomic E-state index is 12.4. The Bertz CT molecular complexity index is 625. The maximum atomic E-state index is 12.4. The molecule has 268 valence electrons. The summed E-state index contributed by atoms with van der Waals surface area (Å²) in [6.45, 7) is 4.18. The molecule has 0 bridgehead atoms. The Morgan fingerprint density at radius 2 is 0.867 bits per heavy atom. The summed E-state index contributed by atoms with van der Waals surface area (Å²) in [7, 11) is 0. The number of aliphatic hydroxyl groups excluding tert-OH is 3. The molecule has 0 aromatic rings. The smallest absolute Gasteiger partial charge is 0.249 e. The Hall–Kier alpha value is -0.910. The van der Waals surface area contributed by atoms with Gasteiger partial charge in [0.1, 0.15) is 6.10 Å². The topological polar surface area (TPSA) is 89.8 Å². The largest absolute Gasteiger partial charge is 0.394 e. The molecule has 0 spiro atoms. The van der Waals surface area contributed by atoms with Crippen molar-refractivity contribution in [2.24, 2.45) is 0 Å². The summed E-state index contributed by atoms with van der Waals surface area (Å²) in [5.41, 5.74) is 0. The molecule has 4 N–H and O–H groups in total. The first-order valence-corrected chi connectivity index (χ1v) is 20.0. The van der Waals surface area contributed by atoms with E-state index in [0.717, 1.165) is 44.9 Å². The van der Waals surface area contributed by atoms with Crippen molar-refractivity contribution in [3.8, 4) is 0 Å². The quantitative estimate of drug-likeness (QED) is 0.0406. The third kappa shape index (κ3) is 31.5. The first-order valence-electron chi connectivity index (χ1n) is 20.0. The van der Waals surface area contributed by atoms with E-state index in [2.05, 4.69) is 31.3 Å². The van der Waals surface area contributed by atoms with Crippen molar-refractivity contribution in [3.05, 3.63) is 12.2 Å². The zero-order valence-corrected chi connectivity index (χ0v) is 30.3. The van der Waals surface area contributed by atoms with Gasteiger partial charge in [0.15, 0.2) is 0 Å². The highest BCUT2D eigenvalue weighted by atomic mass is 16.3. The molecule has 0 aromatic heterocycles. The van der Waals surface area contributed by atoms with Gasteiger partial charge in [0.25, 0.3) is 0 Å². The van der Waals surface area contributed by atoms with Crippen molar-refractivity contribution in [1.82, 2.24) is 5.32 Å². The Morgan fingerprint density at radius 1 is 0.511 bits per heavy atom. The van der Waals surface area contributed by atoms with E-state index in [0.29, 0.717) is 12.8 Å². The predicted octanol–water partition coefficient (Wildman–Crippen LogP) is 10.9. The molecular formula is C40H79NO4. The van der Waals surface area contributed by atoms with E-state index >= 15 is 0 Å². The fourth-order valence-corrected chi connectivity index (χ4v) is 6.17. The van der Waals surface area contributed by atoms with Gasteiger partial charge in [0, 0.05) is 0 Å². The molecule has 0 aliphatic rings. The van der Waals surface area contributed by atoms with Crippen LogP contribution in [0.25, 0.3) is 0 Å². The van der Waals surface area contributed by atoms with Crippen LogP contribution >= 0.6 is 0 Å². The fourth-order valence-electron chi connectivity index (χ4n) is 6.17. The number of aliphatic hydroxyl groups is 3. The van der Waals surface area contributed by atoms with Crippen LogP contribution < -0.4 is 5.32 Å². The van der Waals surface area contributed by atoms with Crippen LogP contribution in [-0.2, 0) is 4.79 Å². The van der Waals surface area contributed by atoms with E-state index in [1.165, 1.54) is 141 Å². The summed E-state index contributed by atoms with van der Waals surface area (Å²) >= 11 is 0. The molecule has 0 radical (unpaired) electrons. The van der Waals surface area contributed by atoms with Gasteiger partial charge in [-0.1, -0.05) is 193 Å². The molecule has 0 saturated carbocycles. The SMILES string of the molecule is CCCC/C=C\CCCCCCC(O)C(=O)NC(CO)C(O)CCCCCCCCCCCCCCCCCCCCCCC. The molecular weight excluding hydrogens is 558 g/mol. The lowest BCUT2D eigenvalue weighted by molar-refractivity contribution is -0.131. The van der Waals surface area contributed by atoms with E-state index in [1.54, 1.807) is 0 Å². The summed E-state index contributed by atoms with van der Waals surface area (Å²) in [6, 6.07) is -0.711. The monoisotopic (exact) mass is 638 g/mol. The molecule has 45 heavy (non-hydrogen) atoms. The highest BCUT2D eigenvalue weighted by Gasteiger charge is 2.23. The van der Waals surface area contributed by atoms with Crippen molar-refractivity contribution in [1.29, 1.82) is 0 Å². The third-order valence-electron chi connectivity index (χ3n) is 9.38. The Kier molecular flexibility index (Phi) is 35.2. The minimum Gasteiger partial charge on any atom is -0.394 e. The number of rotatable bonds is 36. The third-order valence-corrected chi connectivity index (χ3v) is 9.38. The lowest BCUT2D eigenvalue weighted by Crippen LogP contribution is -2.49. The highest BCUT2D eigenvalue weighted by Crippen LogP contribution is 2.16. The first-order chi connectivity index (χ1) is 22.1. The fraction of sp³-hybridized carbons (Fsp3) is 0.925. The molecule has 0 heterocycles. The molecule has 3 atom stereocenters. The summed E-state index contributed by atoms with van der Waals surface area (Å²) in [6.07, 6.45) is 40.7. The molecule has 0 aromatic carbocycles. The van der Waals surface area contributed by atoms with Crippen molar-refractivity contribution in [2.45, 2.75) is 231 Å². The second kappa shape index (κ2) is 35.9. The van der Waals surface area contributed by atoms with Gasteiger partial charge in [-0.05, 0) is 32.1 Å². The van der Waals surface area contributed by atoms with Crippen LogP contribution in [0.3, 0.4) is 0 Å². The average Bonchev–Trinajstić information content (AvgIpc) is 3.04. The molecule has 0 saturated heterocycles. The van der Waals surface area contributed by atoms with Crippen LogP contribution in [0.2, 0.25) is 0 Å². The van der Waals surface area contributed by atoms with E-state index in [9.17, 15) is 20.1 Å². The van der Waals surface area contributed by atoms with Crippen molar-refractivity contribution < 1.29 is 20.1 Å². The predicted molar refractivity (Wildman–Crippen MR) is 195 cm³/mol. The zero-order valence-electron chi connectivity index (χ0n) is 30.3. The van der Waals surface area contributed by atoms with Crippen LogP contribution in [0.4, 0.5) is 0 Å². The molecule has 5 heteroatoms. The van der Waals surface area contributed by atoms with Crippen LogP contribution in [0.5, 0.6) is 0 Å². The van der Waals surface area contributed by atoms with E-state index in [1.807, 2.05) is 0 Å². The summed E-state index contributed by atoms with van der Waals surface area (Å²) < 4.78 is 0. The number of carbonyl (C=O) groups excluding carboxylic acids is 1. The molecule has 0 aliphatic carbocycles. The van der Waals surface area contributed by atoms with E-state index in [-0.39, 0.29) is 6.61 Å². The number of amides is 1. The second-order valence-corrected chi connectivity index (χ2v) is 13.8. The van der Waals surface area contributed by atoms with Crippen molar-refractivity contribution >= 4 is 5.91 Å². The molecule has 5 nitrogen and oxygen atoms in total. The minimum absolute atomic E-state index is 0.315. The molecule has 0 aliphatic heterocycles. The minimum atomic E-state index is -1.08. The lowest BCUT2D eigenvalue weighted by Gasteiger charge is -2.23. The summed E-state index contributed by atoms with van der Waals surface area (Å²) in [4.78, 5) is 12.4. The standard InChI is InChI=1S/C40H79NO4/c1-3-5-7-9-11-13-15-16-17-18-19-20-21-22-23-24-25-27-28-30-32-34-38(43)37(36-42)41-40(45)39(44)35-33-31-29-26-14-12-10-8-6-4-2/h10,12,37-39,42-44H,3-9,11,13-36H2,1-2H3,(H,41,45)/b12-10-. The number of carbonyl (C=O) groups is 1. The number of nitrogens with one attached hydrogen (secondary N) is 1. The van der Waals surface area contributed by atoms with Gasteiger partial charge in [0.05, 0.1) is 18.8 Å². The molecule has 1 amide bonds. The number of hydrogen-bond donors (Lipinski definition) is 4. The van der Waals surface area contributed by atoms with E-state index < -0.39 is 24.2 Å². The van der Waals surface area contributed by atoms with Crippen LogP contribution in [0, 0.1) is 0 Å². The van der Waals surface area contributed by atoms with Gasteiger partial charge in [0.2, 0.25) is 5.91 Å². The van der Waals surface area contributed by atoms with Crippen molar-refractivity contribution in [2.75, 3.05) is 6.61 Å². The van der Waals surface area contributed by atoms with Gasteiger partial charge in [-0.2, -0.15) is 0 Å². The van der Waals surface area contributed by atoms with Gasteiger partial charge in [-0.3, -0.25) is 4.79 Å². The van der Waals surface area contributed by atoms with Gasteiger partial charge in [-0.15, -0.1) is 0 Å². The Labute approximate surface area is 280 Å². The van der Waals surface area contributed by atoms with Crippen LogP contribution in [0.1, 0.15) is 213 Å². The number of allylic oxidation sites excluding steroid dienone is 2. The summed E-state index contributed by atoms with van der Waals surface area (Å²) in [5, 5.41) is 33.1. The molecule has 0 fully saturated rings. The first kappa shape index (κ1) is 44.1. The Morgan fingerprint density at radius 3 is 1.29 bits per heavy atom. The second-order valence-electron chi connectivity index (χ2n) is 13.8. The number of unbranched alkanes of at least 4 members (excludes halogenated alkanes) is 26. The van der Waals surface area contributed by atoms with Crippen molar-refractivity contribution in [3.63, 3.8) is 0 Å². The highest BCUT2D eigenvalue weighted by molar-refractivity contribution is 5.80. The van der Waals surface area contributed by atoms with Gasteiger partial charge in [-0.25, -0.2) is 0 Å². The Balaban J connectivity index is 3.58. The normalized spacial score (nSPS) is 13.8.